The first-order chi connectivity index (χ1) is 18.2. The van der Waals surface area contributed by atoms with Gasteiger partial charge < -0.3 is 20.0 Å². The fourth-order valence-electron chi connectivity index (χ4n) is 5.17. The normalized spacial score (nSPS) is 16.6. The molecule has 1 fully saturated rings. The second kappa shape index (κ2) is 10.6. The second-order valence-corrected chi connectivity index (χ2v) is 10.2. The van der Waals surface area contributed by atoms with Gasteiger partial charge in [0.25, 0.3) is 0 Å². The Kier molecular flexibility index (Phi) is 7.20. The largest absolute Gasteiger partial charge is 0.366 e. The number of carbonyl (C=O) groups excluding carboxylic acids is 1. The molecule has 0 unspecified atom stereocenters. The van der Waals surface area contributed by atoms with Crippen LogP contribution < -0.4 is 15.1 Å². The third-order valence-corrected chi connectivity index (χ3v) is 7.27. The Bertz CT molecular complexity index is 1330. The highest BCUT2D eigenvalue weighted by molar-refractivity contribution is 5.97. The molecule has 0 atom stereocenters. The minimum atomic E-state index is -0.686. The number of anilines is 4. The summed E-state index contributed by atoms with van der Waals surface area (Å²) >= 11 is 0. The average molecular weight is 523 g/mol. The lowest BCUT2D eigenvalue weighted by Crippen LogP contribution is -2.46. The second-order valence-electron chi connectivity index (χ2n) is 10.2. The van der Waals surface area contributed by atoms with Crippen molar-refractivity contribution in [1.82, 2.24) is 25.1 Å². The molecular formula is C27H32F2N8O. The molecule has 4 heterocycles. The fraction of sp³-hybridized carbons (Fsp3) is 0.444. The van der Waals surface area contributed by atoms with Gasteiger partial charge in [0.2, 0.25) is 11.9 Å². The maximum absolute atomic E-state index is 15.4. The number of carbonyl (C=O) groups is 1. The maximum Gasteiger partial charge on any atom is 0.229 e. The predicted molar refractivity (Wildman–Crippen MR) is 143 cm³/mol. The van der Waals surface area contributed by atoms with Gasteiger partial charge in [-0.2, -0.15) is 5.10 Å². The molecule has 0 aliphatic carbocycles. The average Bonchev–Trinajstić information content (AvgIpc) is 2.90. The van der Waals surface area contributed by atoms with Crippen LogP contribution in [0.15, 0.2) is 30.5 Å². The number of nitrogens with one attached hydrogen (secondary N) is 1. The third kappa shape index (κ3) is 5.15. The van der Waals surface area contributed by atoms with Crippen molar-refractivity contribution in [2.45, 2.75) is 45.6 Å². The summed E-state index contributed by atoms with van der Waals surface area (Å²) in [4.78, 5) is 26.3. The lowest BCUT2D eigenvalue weighted by atomic mass is 9.94. The summed E-state index contributed by atoms with van der Waals surface area (Å²) < 4.78 is 30.4. The molecule has 2 aliphatic heterocycles. The summed E-state index contributed by atoms with van der Waals surface area (Å²) in [5.74, 6) is -0.616. The first-order valence-corrected chi connectivity index (χ1v) is 12.9. The Morgan fingerprint density at radius 3 is 2.47 bits per heavy atom. The molecule has 1 N–H and O–H groups in total. The highest BCUT2D eigenvalue weighted by atomic mass is 19.1. The number of benzene rings is 1. The van der Waals surface area contributed by atoms with Gasteiger partial charge in [0.1, 0.15) is 17.2 Å². The van der Waals surface area contributed by atoms with Gasteiger partial charge in [0.15, 0.2) is 11.6 Å². The van der Waals surface area contributed by atoms with E-state index in [0.717, 1.165) is 37.8 Å². The molecule has 3 aromatic rings. The van der Waals surface area contributed by atoms with Gasteiger partial charge in [0, 0.05) is 37.5 Å². The highest BCUT2D eigenvalue weighted by Gasteiger charge is 2.31. The molecule has 5 rings (SSSR count). The van der Waals surface area contributed by atoms with Gasteiger partial charge in [0.05, 0.1) is 17.6 Å². The van der Waals surface area contributed by atoms with E-state index in [1.165, 1.54) is 17.9 Å². The number of piperidine rings is 1. The quantitative estimate of drug-likeness (QED) is 0.529. The van der Waals surface area contributed by atoms with E-state index in [1.54, 1.807) is 6.07 Å². The Labute approximate surface area is 220 Å². The Balaban J connectivity index is 1.43. The number of aromatic nitrogens is 4. The highest BCUT2D eigenvalue weighted by Crippen LogP contribution is 2.40. The van der Waals surface area contributed by atoms with Crippen LogP contribution in [-0.4, -0.2) is 70.2 Å². The molecule has 1 aromatic carbocycles. The topological polar surface area (TPSA) is 90.4 Å². The van der Waals surface area contributed by atoms with E-state index in [0.29, 0.717) is 30.5 Å². The molecule has 1 amide bonds. The van der Waals surface area contributed by atoms with Crippen LogP contribution in [0.5, 0.6) is 0 Å². The van der Waals surface area contributed by atoms with Crippen molar-refractivity contribution in [1.29, 1.82) is 0 Å². The monoisotopic (exact) mass is 522 g/mol. The number of halogens is 2. The van der Waals surface area contributed by atoms with Crippen molar-refractivity contribution in [2.75, 3.05) is 48.3 Å². The van der Waals surface area contributed by atoms with Crippen LogP contribution >= 0.6 is 0 Å². The molecule has 2 aliphatic rings. The van der Waals surface area contributed by atoms with E-state index in [4.69, 9.17) is 0 Å². The van der Waals surface area contributed by atoms with Gasteiger partial charge in [-0.05, 0) is 71.1 Å². The van der Waals surface area contributed by atoms with Crippen molar-refractivity contribution in [3.63, 3.8) is 0 Å². The lowest BCUT2D eigenvalue weighted by molar-refractivity contribution is -0.116. The smallest absolute Gasteiger partial charge is 0.229 e. The number of likely N-dealkylation sites (tertiary alicyclic amines) is 1. The molecule has 11 heteroatoms. The van der Waals surface area contributed by atoms with E-state index in [9.17, 15) is 9.18 Å². The molecule has 0 saturated carbocycles. The molecular weight excluding hydrogens is 490 g/mol. The summed E-state index contributed by atoms with van der Waals surface area (Å²) in [5, 5.41) is 11.6. The molecule has 0 spiro atoms. The van der Waals surface area contributed by atoms with Crippen molar-refractivity contribution >= 4 is 29.0 Å². The Hall–Kier alpha value is -3.73. The molecule has 38 heavy (non-hydrogen) atoms. The SMILES string of the molecule is CC(=O)N1CCN(C(C)C)c2cc(-c3nc(Nc4ccc(C5CCN(C)CC5)nn4)ncc3F)cc(F)c21. The first kappa shape index (κ1) is 25.9. The number of fused-ring (bicyclic) bond motifs is 1. The summed E-state index contributed by atoms with van der Waals surface area (Å²) in [6.45, 7) is 8.37. The van der Waals surface area contributed by atoms with Gasteiger partial charge >= 0.3 is 0 Å². The molecule has 0 bridgehead atoms. The summed E-state index contributed by atoms with van der Waals surface area (Å²) in [6.07, 6.45) is 3.13. The lowest BCUT2D eigenvalue weighted by Gasteiger charge is -2.40. The van der Waals surface area contributed by atoms with Gasteiger partial charge in [-0.1, -0.05) is 0 Å². The molecule has 2 aromatic heterocycles. The van der Waals surface area contributed by atoms with Gasteiger partial charge in [-0.25, -0.2) is 18.7 Å². The van der Waals surface area contributed by atoms with Crippen LogP contribution in [0.4, 0.5) is 31.9 Å². The molecule has 1 saturated heterocycles. The number of nitrogens with zero attached hydrogens (tertiary/aromatic N) is 7. The van der Waals surface area contributed by atoms with Crippen LogP contribution in [0.1, 0.15) is 45.2 Å². The number of amides is 1. The number of rotatable bonds is 5. The van der Waals surface area contributed by atoms with Crippen molar-refractivity contribution < 1.29 is 13.6 Å². The zero-order valence-corrected chi connectivity index (χ0v) is 22.1. The Morgan fingerprint density at radius 1 is 1.05 bits per heavy atom. The van der Waals surface area contributed by atoms with E-state index >= 15 is 4.39 Å². The fourth-order valence-corrected chi connectivity index (χ4v) is 5.17. The van der Waals surface area contributed by atoms with Crippen LogP contribution in [0.2, 0.25) is 0 Å². The maximum atomic E-state index is 15.4. The van der Waals surface area contributed by atoms with Gasteiger partial charge in [-0.15, -0.1) is 5.10 Å². The standard InChI is InChI=1S/C27H32F2N8O/c1-16(2)36-11-12-37(17(3)38)26-20(28)13-19(14-23(26)36)25-21(29)15-30-27(32-25)31-24-6-5-22(33-34-24)18-7-9-35(4)10-8-18/h5-6,13-16,18H,7-12H2,1-4H3,(H,30,31,32,34). The molecule has 200 valence electrons. The summed E-state index contributed by atoms with van der Waals surface area (Å²) in [7, 11) is 2.12. The van der Waals surface area contributed by atoms with E-state index in [2.05, 4.69) is 37.4 Å². The third-order valence-electron chi connectivity index (χ3n) is 7.27. The van der Waals surface area contributed by atoms with E-state index in [-0.39, 0.29) is 34.8 Å². The molecule has 0 radical (unpaired) electrons. The number of hydrogen-bond donors (Lipinski definition) is 1. The predicted octanol–water partition coefficient (Wildman–Crippen LogP) is 4.35. The van der Waals surface area contributed by atoms with Crippen molar-refractivity contribution in [3.05, 3.63) is 47.8 Å². The van der Waals surface area contributed by atoms with E-state index < -0.39 is 11.6 Å². The Morgan fingerprint density at radius 2 is 1.82 bits per heavy atom. The first-order valence-electron chi connectivity index (χ1n) is 12.9. The number of hydrogen-bond acceptors (Lipinski definition) is 8. The van der Waals surface area contributed by atoms with Gasteiger partial charge in [-0.3, -0.25) is 4.79 Å². The van der Waals surface area contributed by atoms with E-state index in [1.807, 2.05) is 30.9 Å². The minimum Gasteiger partial charge on any atom is -0.366 e. The van der Waals surface area contributed by atoms with Crippen LogP contribution in [-0.2, 0) is 4.79 Å². The zero-order chi connectivity index (χ0) is 27.0. The molecule has 9 nitrogen and oxygen atoms in total. The van der Waals surface area contributed by atoms with Crippen molar-refractivity contribution in [3.8, 4) is 11.3 Å². The zero-order valence-electron chi connectivity index (χ0n) is 22.1. The van der Waals surface area contributed by atoms with Crippen LogP contribution in [0, 0.1) is 11.6 Å². The van der Waals surface area contributed by atoms with Crippen LogP contribution in [0.25, 0.3) is 11.3 Å². The minimum absolute atomic E-state index is 0.0521. The summed E-state index contributed by atoms with van der Waals surface area (Å²) in [5.41, 5.74) is 1.88. The van der Waals surface area contributed by atoms with Crippen molar-refractivity contribution in [2.24, 2.45) is 0 Å². The van der Waals surface area contributed by atoms with Crippen LogP contribution in [0.3, 0.4) is 0 Å². The summed E-state index contributed by atoms with van der Waals surface area (Å²) in [6, 6.07) is 6.70.